The average Bonchev–Trinajstić information content (AvgIpc) is 2.69. The summed E-state index contributed by atoms with van der Waals surface area (Å²) in [6.45, 7) is 9.73. The van der Waals surface area contributed by atoms with Gasteiger partial charge in [0.2, 0.25) is 0 Å². The van der Waals surface area contributed by atoms with Crippen LogP contribution in [0.2, 0.25) is 0 Å². The highest BCUT2D eigenvalue weighted by molar-refractivity contribution is 5.96. The van der Waals surface area contributed by atoms with Gasteiger partial charge in [-0.2, -0.15) is 0 Å². The number of aryl methyl sites for hydroxylation is 1. The molecule has 1 amide bonds. The third kappa shape index (κ3) is 5.33. The van der Waals surface area contributed by atoms with Crippen LogP contribution in [0.15, 0.2) is 48.5 Å². The third-order valence-corrected chi connectivity index (χ3v) is 4.86. The standard InChI is InChI=1S/C23H30N2O3/c1-17(2)28-22-10-5-4-9-20(22)23(26)24-16-21(25-11-13-27-14-12-25)19-8-6-7-18(3)15-19/h4-10,15,17,21H,11-14,16H2,1-3H3,(H,24,26). The summed E-state index contributed by atoms with van der Waals surface area (Å²) in [5.41, 5.74) is 3.01. The maximum atomic E-state index is 12.9. The van der Waals surface area contributed by atoms with Gasteiger partial charge in [0.25, 0.3) is 5.91 Å². The van der Waals surface area contributed by atoms with Crippen molar-refractivity contribution in [3.63, 3.8) is 0 Å². The van der Waals surface area contributed by atoms with Gasteiger partial charge in [-0.15, -0.1) is 0 Å². The molecule has 1 fully saturated rings. The van der Waals surface area contributed by atoms with Gasteiger partial charge in [0.05, 0.1) is 30.9 Å². The molecule has 0 radical (unpaired) electrons. The molecule has 0 aliphatic carbocycles. The normalized spacial score (nSPS) is 16.0. The highest BCUT2D eigenvalue weighted by Gasteiger charge is 2.24. The van der Waals surface area contributed by atoms with E-state index in [1.807, 2.05) is 38.1 Å². The molecule has 0 spiro atoms. The lowest BCUT2D eigenvalue weighted by atomic mass is 10.0. The molecule has 2 aromatic carbocycles. The molecule has 1 N–H and O–H groups in total. The predicted molar refractivity (Wildman–Crippen MR) is 111 cm³/mol. The van der Waals surface area contributed by atoms with Gasteiger partial charge in [0, 0.05) is 19.6 Å². The molecule has 0 aromatic heterocycles. The topological polar surface area (TPSA) is 50.8 Å². The molecule has 0 saturated carbocycles. The molecule has 5 nitrogen and oxygen atoms in total. The zero-order valence-electron chi connectivity index (χ0n) is 17.0. The second-order valence-corrected chi connectivity index (χ2v) is 7.45. The molecular formula is C23H30N2O3. The van der Waals surface area contributed by atoms with Gasteiger partial charge in [-0.05, 0) is 38.5 Å². The van der Waals surface area contributed by atoms with Gasteiger partial charge in [0.1, 0.15) is 5.75 Å². The third-order valence-electron chi connectivity index (χ3n) is 4.86. The Morgan fingerprint density at radius 2 is 1.89 bits per heavy atom. The second kappa shape index (κ2) is 9.71. The van der Waals surface area contributed by atoms with Crippen LogP contribution in [-0.2, 0) is 4.74 Å². The summed E-state index contributed by atoms with van der Waals surface area (Å²) in [5, 5.41) is 3.13. The van der Waals surface area contributed by atoms with Crippen LogP contribution in [0.1, 0.15) is 41.4 Å². The van der Waals surface area contributed by atoms with Crippen molar-refractivity contribution in [2.75, 3.05) is 32.8 Å². The first-order chi connectivity index (χ1) is 13.5. The number of benzene rings is 2. The molecular weight excluding hydrogens is 352 g/mol. The van der Waals surface area contributed by atoms with Crippen molar-refractivity contribution >= 4 is 5.91 Å². The highest BCUT2D eigenvalue weighted by atomic mass is 16.5. The minimum absolute atomic E-state index is 0.0161. The summed E-state index contributed by atoms with van der Waals surface area (Å²) in [7, 11) is 0. The van der Waals surface area contributed by atoms with Crippen LogP contribution in [0.4, 0.5) is 0 Å². The minimum atomic E-state index is -0.109. The lowest BCUT2D eigenvalue weighted by Gasteiger charge is -2.35. The van der Waals surface area contributed by atoms with Crippen molar-refractivity contribution in [3.8, 4) is 5.75 Å². The summed E-state index contributed by atoms with van der Waals surface area (Å²) >= 11 is 0. The van der Waals surface area contributed by atoms with Gasteiger partial charge in [-0.3, -0.25) is 9.69 Å². The molecule has 1 heterocycles. The smallest absolute Gasteiger partial charge is 0.255 e. The predicted octanol–water partition coefficient (Wildman–Crippen LogP) is 3.59. The van der Waals surface area contributed by atoms with E-state index in [4.69, 9.17) is 9.47 Å². The fraction of sp³-hybridized carbons (Fsp3) is 0.435. The zero-order chi connectivity index (χ0) is 19.9. The van der Waals surface area contributed by atoms with Gasteiger partial charge in [0.15, 0.2) is 0 Å². The van der Waals surface area contributed by atoms with Crippen LogP contribution in [0, 0.1) is 6.92 Å². The number of para-hydroxylation sites is 1. The average molecular weight is 383 g/mol. The molecule has 0 bridgehead atoms. The summed E-state index contributed by atoms with van der Waals surface area (Å²) in [6, 6.07) is 16.0. The summed E-state index contributed by atoms with van der Waals surface area (Å²) in [4.78, 5) is 15.3. The van der Waals surface area contributed by atoms with E-state index < -0.39 is 0 Å². The number of carbonyl (C=O) groups is 1. The van der Waals surface area contributed by atoms with Gasteiger partial charge in [-0.25, -0.2) is 0 Å². The molecule has 28 heavy (non-hydrogen) atoms. The Morgan fingerprint density at radius 3 is 2.61 bits per heavy atom. The number of amides is 1. The Labute approximate surface area is 167 Å². The molecule has 1 aliphatic heterocycles. The number of nitrogens with zero attached hydrogens (tertiary/aromatic N) is 1. The minimum Gasteiger partial charge on any atom is -0.490 e. The lowest BCUT2D eigenvalue weighted by molar-refractivity contribution is 0.0162. The summed E-state index contributed by atoms with van der Waals surface area (Å²) in [6.07, 6.45) is 0.0161. The summed E-state index contributed by atoms with van der Waals surface area (Å²) < 4.78 is 11.3. The molecule has 1 aliphatic rings. The number of rotatable bonds is 7. The summed E-state index contributed by atoms with van der Waals surface area (Å²) in [5.74, 6) is 0.510. The molecule has 1 unspecified atom stereocenters. The molecule has 150 valence electrons. The van der Waals surface area contributed by atoms with E-state index in [0.29, 0.717) is 17.9 Å². The van der Waals surface area contributed by atoms with E-state index in [-0.39, 0.29) is 18.1 Å². The molecule has 3 rings (SSSR count). The van der Waals surface area contributed by atoms with Gasteiger partial charge >= 0.3 is 0 Å². The van der Waals surface area contributed by atoms with Crippen LogP contribution >= 0.6 is 0 Å². The molecule has 1 atom stereocenters. The maximum absolute atomic E-state index is 12.9. The van der Waals surface area contributed by atoms with Crippen molar-refractivity contribution in [1.29, 1.82) is 0 Å². The van der Waals surface area contributed by atoms with E-state index in [2.05, 4.69) is 41.4 Å². The van der Waals surface area contributed by atoms with E-state index in [1.165, 1.54) is 11.1 Å². The van der Waals surface area contributed by atoms with Crippen LogP contribution in [0.25, 0.3) is 0 Å². The van der Waals surface area contributed by atoms with E-state index in [9.17, 15) is 4.79 Å². The van der Waals surface area contributed by atoms with Crippen molar-refractivity contribution in [2.24, 2.45) is 0 Å². The molecule has 5 heteroatoms. The number of ether oxygens (including phenoxy) is 2. The van der Waals surface area contributed by atoms with E-state index in [1.54, 1.807) is 0 Å². The number of carbonyl (C=O) groups excluding carboxylic acids is 1. The first-order valence-electron chi connectivity index (χ1n) is 9.97. The van der Waals surface area contributed by atoms with Gasteiger partial charge in [-0.1, -0.05) is 42.0 Å². The number of hydrogen-bond donors (Lipinski definition) is 1. The van der Waals surface area contributed by atoms with Crippen molar-refractivity contribution in [3.05, 3.63) is 65.2 Å². The number of hydrogen-bond acceptors (Lipinski definition) is 4. The monoisotopic (exact) mass is 382 g/mol. The highest BCUT2D eigenvalue weighted by Crippen LogP contribution is 2.23. The Kier molecular flexibility index (Phi) is 7.06. The number of morpholine rings is 1. The Bertz CT molecular complexity index is 785. The van der Waals surface area contributed by atoms with Crippen LogP contribution in [-0.4, -0.2) is 49.8 Å². The maximum Gasteiger partial charge on any atom is 0.255 e. The molecule has 2 aromatic rings. The van der Waals surface area contributed by atoms with E-state index >= 15 is 0 Å². The Hall–Kier alpha value is -2.37. The largest absolute Gasteiger partial charge is 0.490 e. The van der Waals surface area contributed by atoms with Crippen molar-refractivity contribution in [2.45, 2.75) is 32.9 Å². The Morgan fingerprint density at radius 1 is 1.14 bits per heavy atom. The first kappa shape index (κ1) is 20.4. The van der Waals surface area contributed by atoms with Gasteiger partial charge < -0.3 is 14.8 Å². The van der Waals surface area contributed by atoms with Crippen LogP contribution in [0.3, 0.4) is 0 Å². The fourth-order valence-electron chi connectivity index (χ4n) is 3.52. The Balaban J connectivity index is 1.75. The molecule has 1 saturated heterocycles. The van der Waals surface area contributed by atoms with Crippen molar-refractivity contribution in [1.82, 2.24) is 10.2 Å². The van der Waals surface area contributed by atoms with Crippen LogP contribution in [0.5, 0.6) is 5.75 Å². The SMILES string of the molecule is Cc1cccc(C(CNC(=O)c2ccccc2OC(C)C)N2CCOCC2)c1. The first-order valence-corrected chi connectivity index (χ1v) is 9.97. The zero-order valence-corrected chi connectivity index (χ0v) is 17.0. The number of nitrogens with one attached hydrogen (secondary N) is 1. The quantitative estimate of drug-likeness (QED) is 0.795. The lowest BCUT2D eigenvalue weighted by Crippen LogP contribution is -2.43. The fourth-order valence-corrected chi connectivity index (χ4v) is 3.52. The van der Waals surface area contributed by atoms with Crippen molar-refractivity contribution < 1.29 is 14.3 Å². The van der Waals surface area contributed by atoms with Crippen LogP contribution < -0.4 is 10.1 Å². The second-order valence-electron chi connectivity index (χ2n) is 7.45. The van der Waals surface area contributed by atoms with E-state index in [0.717, 1.165) is 26.3 Å².